The summed E-state index contributed by atoms with van der Waals surface area (Å²) in [5.41, 5.74) is 0. The molecule has 0 amide bonds. The topological polar surface area (TPSA) is 20.2 Å². The molecule has 0 saturated carbocycles. The van der Waals surface area contributed by atoms with Crippen LogP contribution in [0.5, 0.6) is 0 Å². The van der Waals surface area contributed by atoms with E-state index in [1.807, 2.05) is 0 Å². The third kappa shape index (κ3) is 1.40. The largest absolute Gasteiger partial charge is 0.588 e. The van der Waals surface area contributed by atoms with Crippen LogP contribution >= 0.6 is 0 Å². The summed E-state index contributed by atoms with van der Waals surface area (Å²) in [6, 6.07) is 0. The van der Waals surface area contributed by atoms with Gasteiger partial charge in [-0.2, -0.15) is 0 Å². The molecule has 0 spiro atoms. The fourth-order valence-electron chi connectivity index (χ4n) is 2.86. The zero-order valence-electron chi connectivity index (χ0n) is 7.58. The number of piperidine rings is 3. The SMILES string of the molecule is [B-][N+]12CCC(CC1)[C@H](CCO)C2. The van der Waals surface area contributed by atoms with Gasteiger partial charge in [0, 0.05) is 32.2 Å². The number of rotatable bonds is 2. The maximum absolute atomic E-state index is 8.88. The van der Waals surface area contributed by atoms with Crippen LogP contribution in [0.4, 0.5) is 0 Å². The molecule has 3 heterocycles. The Labute approximate surface area is 75.6 Å². The van der Waals surface area contributed by atoms with Crippen LogP contribution in [-0.4, -0.2) is 43.7 Å². The van der Waals surface area contributed by atoms with Gasteiger partial charge in [-0.15, -0.1) is 0 Å². The van der Waals surface area contributed by atoms with Gasteiger partial charge in [0.15, 0.2) is 0 Å². The summed E-state index contributed by atoms with van der Waals surface area (Å²) in [6.45, 7) is 3.76. The predicted octanol–water partition coefficient (Wildman–Crippen LogP) is 0.309. The molecule has 3 aliphatic heterocycles. The average molecular weight is 166 g/mol. The average Bonchev–Trinajstić information content (AvgIpc) is 2.05. The third-order valence-electron chi connectivity index (χ3n) is 3.66. The molecule has 3 fully saturated rings. The van der Waals surface area contributed by atoms with Crippen molar-refractivity contribution < 1.29 is 9.50 Å². The summed E-state index contributed by atoms with van der Waals surface area (Å²) in [4.78, 5) is 0. The Morgan fingerprint density at radius 1 is 1.33 bits per heavy atom. The van der Waals surface area contributed by atoms with E-state index in [9.17, 15) is 0 Å². The second kappa shape index (κ2) is 3.04. The van der Waals surface area contributed by atoms with Crippen molar-refractivity contribution in [2.75, 3.05) is 26.2 Å². The van der Waals surface area contributed by atoms with Crippen molar-refractivity contribution in [3.8, 4) is 0 Å². The van der Waals surface area contributed by atoms with Crippen LogP contribution in [0, 0.1) is 11.8 Å². The first-order chi connectivity index (χ1) is 5.73. The molecular formula is C9H17BNO. The van der Waals surface area contributed by atoms with Gasteiger partial charge in [-0.25, -0.2) is 7.98 Å². The van der Waals surface area contributed by atoms with Crippen LogP contribution in [0.15, 0.2) is 0 Å². The van der Waals surface area contributed by atoms with E-state index >= 15 is 0 Å². The van der Waals surface area contributed by atoms with Crippen molar-refractivity contribution >= 4 is 7.98 Å². The zero-order chi connectivity index (χ0) is 8.60. The molecule has 3 aliphatic rings. The standard InChI is InChI=1S/C9H17BNO/c10-11-4-1-8(2-5-11)9(7-11)3-6-12/h8-9,12H,1-7H2/t8?,9-,11?/m1/s1. The van der Waals surface area contributed by atoms with Crippen molar-refractivity contribution in [3.05, 3.63) is 0 Å². The summed E-state index contributed by atoms with van der Waals surface area (Å²) in [5, 5.41) is 8.88. The Hall–Kier alpha value is -0.0151. The number of hydrogen-bond donors (Lipinski definition) is 1. The lowest BCUT2D eigenvalue weighted by molar-refractivity contribution is -0.841. The van der Waals surface area contributed by atoms with Crippen molar-refractivity contribution in [1.29, 1.82) is 0 Å². The molecule has 0 aromatic carbocycles. The lowest BCUT2D eigenvalue weighted by Crippen LogP contribution is -2.60. The van der Waals surface area contributed by atoms with Crippen LogP contribution in [-0.2, 0) is 0 Å². The normalized spacial score (nSPS) is 46.5. The maximum Gasteiger partial charge on any atom is 0.0435 e. The minimum atomic E-state index is 0.334. The fourth-order valence-corrected chi connectivity index (χ4v) is 2.86. The van der Waals surface area contributed by atoms with E-state index in [1.54, 1.807) is 0 Å². The second-order valence-corrected chi connectivity index (χ2v) is 4.46. The number of aliphatic hydroxyl groups is 1. The first kappa shape index (κ1) is 8.58. The van der Waals surface area contributed by atoms with Crippen LogP contribution in [0.3, 0.4) is 0 Å². The molecule has 67 valence electrons. The molecule has 0 aromatic rings. The Balaban J connectivity index is 2.01. The number of hydrogen-bond acceptors (Lipinski definition) is 1. The van der Waals surface area contributed by atoms with Gasteiger partial charge in [-0.05, 0) is 25.2 Å². The van der Waals surface area contributed by atoms with Gasteiger partial charge in [0.2, 0.25) is 0 Å². The first-order valence-corrected chi connectivity index (χ1v) is 4.99. The number of nitrogens with zero attached hydrogens (tertiary/aromatic N) is 1. The molecule has 3 saturated heterocycles. The highest BCUT2D eigenvalue weighted by molar-refractivity contribution is 5.97. The highest BCUT2D eigenvalue weighted by Crippen LogP contribution is 2.37. The number of aliphatic hydroxyl groups excluding tert-OH is 1. The molecule has 1 N–H and O–H groups in total. The van der Waals surface area contributed by atoms with E-state index in [1.165, 1.54) is 12.8 Å². The van der Waals surface area contributed by atoms with E-state index in [-0.39, 0.29) is 0 Å². The first-order valence-electron chi connectivity index (χ1n) is 4.99. The Morgan fingerprint density at radius 2 is 2.00 bits per heavy atom. The lowest BCUT2D eigenvalue weighted by Gasteiger charge is -2.61. The quantitative estimate of drug-likeness (QED) is 0.585. The van der Waals surface area contributed by atoms with E-state index in [0.29, 0.717) is 12.5 Å². The second-order valence-electron chi connectivity index (χ2n) is 4.46. The van der Waals surface area contributed by atoms with Gasteiger partial charge in [-0.1, -0.05) is 0 Å². The monoisotopic (exact) mass is 166 g/mol. The summed E-state index contributed by atoms with van der Waals surface area (Å²) < 4.78 is 0.779. The number of fused-ring (bicyclic) bond motifs is 3. The molecule has 1 atom stereocenters. The van der Waals surface area contributed by atoms with Crippen molar-refractivity contribution in [3.63, 3.8) is 0 Å². The molecular weight excluding hydrogens is 149 g/mol. The van der Waals surface area contributed by atoms with E-state index < -0.39 is 0 Å². The summed E-state index contributed by atoms with van der Waals surface area (Å²) >= 11 is 0. The molecule has 3 radical (unpaired) electrons. The van der Waals surface area contributed by atoms with Gasteiger partial charge in [0.25, 0.3) is 0 Å². The summed E-state index contributed by atoms with van der Waals surface area (Å²) in [7, 11) is 6.17. The predicted molar refractivity (Wildman–Crippen MR) is 48.5 cm³/mol. The minimum Gasteiger partial charge on any atom is -0.588 e. The van der Waals surface area contributed by atoms with E-state index in [2.05, 4.69) is 0 Å². The Kier molecular flexibility index (Phi) is 2.17. The number of quaternary nitrogens is 1. The van der Waals surface area contributed by atoms with Gasteiger partial charge in [0.1, 0.15) is 0 Å². The van der Waals surface area contributed by atoms with Gasteiger partial charge < -0.3 is 9.50 Å². The Morgan fingerprint density at radius 3 is 2.50 bits per heavy atom. The van der Waals surface area contributed by atoms with Crippen LogP contribution < -0.4 is 0 Å². The molecule has 0 unspecified atom stereocenters. The molecule has 0 aromatic heterocycles. The van der Waals surface area contributed by atoms with Gasteiger partial charge >= 0.3 is 0 Å². The summed E-state index contributed by atoms with van der Waals surface area (Å²) in [5.74, 6) is 1.56. The van der Waals surface area contributed by atoms with Gasteiger partial charge in [0.05, 0.1) is 0 Å². The fraction of sp³-hybridized carbons (Fsp3) is 1.00. The molecule has 0 aliphatic carbocycles. The van der Waals surface area contributed by atoms with Crippen LogP contribution in [0.1, 0.15) is 19.3 Å². The van der Waals surface area contributed by atoms with Crippen molar-refractivity contribution in [2.45, 2.75) is 19.3 Å². The van der Waals surface area contributed by atoms with E-state index in [4.69, 9.17) is 13.1 Å². The van der Waals surface area contributed by atoms with Gasteiger partial charge in [-0.3, -0.25) is 0 Å². The lowest BCUT2D eigenvalue weighted by atomic mass is 9.74. The maximum atomic E-state index is 8.88. The summed E-state index contributed by atoms with van der Waals surface area (Å²) in [6.07, 6.45) is 3.52. The third-order valence-corrected chi connectivity index (χ3v) is 3.66. The van der Waals surface area contributed by atoms with Crippen molar-refractivity contribution in [2.24, 2.45) is 11.8 Å². The van der Waals surface area contributed by atoms with E-state index in [0.717, 1.165) is 36.4 Å². The molecule has 3 heteroatoms. The molecule has 2 bridgehead atoms. The highest BCUT2D eigenvalue weighted by atomic mass is 16.3. The molecule has 3 rings (SSSR count). The zero-order valence-corrected chi connectivity index (χ0v) is 7.58. The van der Waals surface area contributed by atoms with Crippen molar-refractivity contribution in [1.82, 2.24) is 0 Å². The molecule has 2 nitrogen and oxygen atoms in total. The Bertz CT molecular complexity index is 166. The highest BCUT2D eigenvalue weighted by Gasteiger charge is 2.36. The minimum absolute atomic E-state index is 0.334. The van der Waals surface area contributed by atoms with Crippen LogP contribution in [0.25, 0.3) is 0 Å². The van der Waals surface area contributed by atoms with Crippen LogP contribution in [0.2, 0.25) is 0 Å². The smallest absolute Gasteiger partial charge is 0.0435 e. The molecule has 12 heavy (non-hydrogen) atoms.